The highest BCUT2D eigenvalue weighted by Gasteiger charge is 2.17. The van der Waals surface area contributed by atoms with Crippen LogP contribution in [-0.4, -0.2) is 15.0 Å². The van der Waals surface area contributed by atoms with Crippen LogP contribution in [0.3, 0.4) is 0 Å². The van der Waals surface area contributed by atoms with Gasteiger partial charge in [-0.05, 0) is 57.6 Å². The zero-order chi connectivity index (χ0) is 32.6. The molecule has 0 spiro atoms. The van der Waals surface area contributed by atoms with E-state index in [1.54, 1.807) is 11.3 Å². The fraction of sp³-hybridized carbons (Fsp3) is 0. The maximum atomic E-state index is 5.15. The van der Waals surface area contributed by atoms with Crippen LogP contribution in [0.1, 0.15) is 0 Å². The average Bonchev–Trinajstić information content (AvgIpc) is 3.58. The number of hydrogen-bond donors (Lipinski definition) is 0. The van der Waals surface area contributed by atoms with Crippen LogP contribution in [0.4, 0.5) is 0 Å². The number of hydrogen-bond acceptors (Lipinski definition) is 4. The van der Waals surface area contributed by atoms with Crippen molar-refractivity contribution in [1.82, 2.24) is 15.0 Å². The van der Waals surface area contributed by atoms with E-state index in [0.717, 1.165) is 27.8 Å². The van der Waals surface area contributed by atoms with Crippen LogP contribution in [-0.2, 0) is 0 Å². The second-order valence-electron chi connectivity index (χ2n) is 12.0. The van der Waals surface area contributed by atoms with Gasteiger partial charge in [-0.25, -0.2) is 15.0 Å². The highest BCUT2D eigenvalue weighted by atomic mass is 32.1. The van der Waals surface area contributed by atoms with Gasteiger partial charge < -0.3 is 0 Å². The van der Waals surface area contributed by atoms with Crippen molar-refractivity contribution < 1.29 is 0 Å². The smallest absolute Gasteiger partial charge is 0.165 e. The lowest BCUT2D eigenvalue weighted by molar-refractivity contribution is 1.08. The summed E-state index contributed by atoms with van der Waals surface area (Å²) < 4.78 is 2.44. The molecule has 0 N–H and O–H groups in total. The van der Waals surface area contributed by atoms with Gasteiger partial charge in [0.2, 0.25) is 0 Å². The first-order chi connectivity index (χ1) is 24.3. The third kappa shape index (κ3) is 5.48. The lowest BCUT2D eigenvalue weighted by Gasteiger charge is -2.12. The average molecular weight is 644 g/mol. The van der Waals surface area contributed by atoms with E-state index < -0.39 is 0 Å². The van der Waals surface area contributed by atoms with Crippen molar-refractivity contribution >= 4 is 31.5 Å². The normalized spacial score (nSPS) is 11.3. The Morgan fingerprint density at radius 3 is 1.53 bits per heavy atom. The molecule has 0 bridgehead atoms. The van der Waals surface area contributed by atoms with Crippen molar-refractivity contribution in [3.05, 3.63) is 176 Å². The molecule has 230 valence electrons. The molecule has 2 heterocycles. The van der Waals surface area contributed by atoms with E-state index in [2.05, 4.69) is 158 Å². The number of rotatable bonds is 6. The van der Waals surface area contributed by atoms with Gasteiger partial charge in [0.25, 0.3) is 0 Å². The summed E-state index contributed by atoms with van der Waals surface area (Å²) in [6.45, 7) is 0. The summed E-state index contributed by atoms with van der Waals surface area (Å²) in [6, 6.07) is 61.6. The summed E-state index contributed by atoms with van der Waals surface area (Å²) in [7, 11) is 0. The van der Waals surface area contributed by atoms with Crippen LogP contribution in [0, 0.1) is 0 Å². The molecule has 0 saturated heterocycles. The SMILES string of the molecule is c1ccc(-c2nc(-c3cccc(-c4cccc(-c5ccccc5-c5ccccc5)c4)c3)nc(-c3cccc4c3sc3ccccc34)n2)cc1. The Hall–Kier alpha value is -6.23. The van der Waals surface area contributed by atoms with Crippen molar-refractivity contribution in [2.45, 2.75) is 0 Å². The lowest BCUT2D eigenvalue weighted by Crippen LogP contribution is -2.00. The van der Waals surface area contributed by atoms with Crippen molar-refractivity contribution in [1.29, 1.82) is 0 Å². The van der Waals surface area contributed by atoms with Crippen LogP contribution < -0.4 is 0 Å². The van der Waals surface area contributed by atoms with Gasteiger partial charge in [0.1, 0.15) is 0 Å². The monoisotopic (exact) mass is 643 g/mol. The minimum absolute atomic E-state index is 0.648. The molecule has 0 fully saturated rings. The summed E-state index contributed by atoms with van der Waals surface area (Å²) in [5.74, 6) is 1.98. The summed E-state index contributed by atoms with van der Waals surface area (Å²) in [4.78, 5) is 15.3. The molecular weight excluding hydrogens is 615 g/mol. The predicted octanol–water partition coefficient (Wildman–Crippen LogP) is 12.2. The summed E-state index contributed by atoms with van der Waals surface area (Å²) in [6.07, 6.45) is 0. The minimum atomic E-state index is 0.648. The van der Waals surface area contributed by atoms with Gasteiger partial charge in [-0.3, -0.25) is 0 Å². The molecule has 0 saturated carbocycles. The molecule has 0 amide bonds. The molecule has 0 aliphatic rings. The van der Waals surface area contributed by atoms with E-state index in [9.17, 15) is 0 Å². The molecular formula is C45H29N3S. The molecule has 9 aromatic rings. The van der Waals surface area contributed by atoms with Crippen molar-refractivity contribution in [2.75, 3.05) is 0 Å². The van der Waals surface area contributed by atoms with Crippen LogP contribution in [0.5, 0.6) is 0 Å². The van der Waals surface area contributed by atoms with E-state index in [4.69, 9.17) is 15.0 Å². The van der Waals surface area contributed by atoms with Crippen molar-refractivity contribution in [3.8, 4) is 67.5 Å². The summed E-state index contributed by atoms with van der Waals surface area (Å²) in [5.41, 5.74) is 9.95. The Bertz CT molecular complexity index is 2610. The van der Waals surface area contributed by atoms with Gasteiger partial charge in [0.15, 0.2) is 17.5 Å². The van der Waals surface area contributed by atoms with Crippen molar-refractivity contribution in [2.24, 2.45) is 0 Å². The number of nitrogens with zero attached hydrogens (tertiary/aromatic N) is 3. The third-order valence-electron chi connectivity index (χ3n) is 8.95. The number of aromatic nitrogens is 3. The van der Waals surface area contributed by atoms with Gasteiger partial charge in [0.05, 0.1) is 0 Å². The standard InChI is InChI=1S/C45H29N3S/c1-3-14-30(15-4-1)36-22-7-8-23-37(36)34-20-11-18-32(28-34)33-19-12-21-35(29-33)44-46-43(31-16-5-2-6-17-31)47-45(48-44)40-26-13-25-39-38-24-9-10-27-41(38)49-42(39)40/h1-29H. The van der Waals surface area contributed by atoms with E-state index in [1.165, 1.54) is 42.4 Å². The second kappa shape index (κ2) is 12.4. The highest BCUT2D eigenvalue weighted by molar-refractivity contribution is 7.26. The Labute approximate surface area is 288 Å². The molecule has 2 aromatic heterocycles. The minimum Gasteiger partial charge on any atom is -0.208 e. The molecule has 4 heteroatoms. The Morgan fingerprint density at radius 2 is 0.776 bits per heavy atom. The topological polar surface area (TPSA) is 38.7 Å². The van der Waals surface area contributed by atoms with E-state index >= 15 is 0 Å². The first kappa shape index (κ1) is 29.0. The number of fused-ring (bicyclic) bond motifs is 3. The lowest BCUT2D eigenvalue weighted by atomic mass is 9.92. The number of thiophene rings is 1. The first-order valence-corrected chi connectivity index (χ1v) is 17.2. The molecule has 9 rings (SSSR count). The zero-order valence-corrected chi connectivity index (χ0v) is 27.3. The fourth-order valence-electron chi connectivity index (χ4n) is 6.57. The third-order valence-corrected chi connectivity index (χ3v) is 10.2. The fourth-order valence-corrected chi connectivity index (χ4v) is 7.79. The van der Waals surface area contributed by atoms with Crippen LogP contribution in [0.15, 0.2) is 176 Å². The van der Waals surface area contributed by atoms with Gasteiger partial charge in [-0.2, -0.15) is 0 Å². The highest BCUT2D eigenvalue weighted by Crippen LogP contribution is 2.40. The molecule has 49 heavy (non-hydrogen) atoms. The molecule has 3 nitrogen and oxygen atoms in total. The number of benzene rings is 7. The molecule has 7 aromatic carbocycles. The maximum absolute atomic E-state index is 5.15. The van der Waals surface area contributed by atoms with Gasteiger partial charge in [0, 0.05) is 36.9 Å². The van der Waals surface area contributed by atoms with E-state index in [-0.39, 0.29) is 0 Å². The summed E-state index contributed by atoms with van der Waals surface area (Å²) in [5, 5.41) is 2.47. The summed E-state index contributed by atoms with van der Waals surface area (Å²) >= 11 is 1.78. The Morgan fingerprint density at radius 1 is 0.306 bits per heavy atom. The van der Waals surface area contributed by atoms with Crippen molar-refractivity contribution in [3.63, 3.8) is 0 Å². The second-order valence-corrected chi connectivity index (χ2v) is 13.1. The van der Waals surface area contributed by atoms with E-state index in [1.807, 2.05) is 18.2 Å². The van der Waals surface area contributed by atoms with Gasteiger partial charge in [-0.1, -0.05) is 152 Å². The first-order valence-electron chi connectivity index (χ1n) is 16.4. The van der Waals surface area contributed by atoms with Crippen LogP contribution in [0.2, 0.25) is 0 Å². The quantitative estimate of drug-likeness (QED) is 0.181. The predicted molar refractivity (Wildman–Crippen MR) is 205 cm³/mol. The largest absolute Gasteiger partial charge is 0.208 e. The van der Waals surface area contributed by atoms with Crippen LogP contribution in [0.25, 0.3) is 87.7 Å². The Balaban J connectivity index is 1.16. The molecule has 0 aliphatic heterocycles. The Kier molecular flexibility index (Phi) is 7.34. The molecule has 0 unspecified atom stereocenters. The van der Waals surface area contributed by atoms with Crippen LogP contribution >= 0.6 is 11.3 Å². The molecule has 0 atom stereocenters. The van der Waals surface area contributed by atoms with Gasteiger partial charge in [-0.15, -0.1) is 11.3 Å². The molecule has 0 radical (unpaired) electrons. The zero-order valence-electron chi connectivity index (χ0n) is 26.5. The molecule has 0 aliphatic carbocycles. The van der Waals surface area contributed by atoms with E-state index in [0.29, 0.717) is 17.5 Å². The maximum Gasteiger partial charge on any atom is 0.165 e. The van der Waals surface area contributed by atoms with Gasteiger partial charge >= 0.3 is 0 Å².